The molecule has 0 aromatic carbocycles. The standard InChI is InChI=1S/C7H9N3O2/c11-7(12)5-2-1-3-10-6(5)4-8-9-10/h4-5H,1-3H2,(H,11,12). The summed E-state index contributed by atoms with van der Waals surface area (Å²) in [6.07, 6.45) is 3.11. The van der Waals surface area contributed by atoms with Gasteiger partial charge in [0.1, 0.15) is 5.92 Å². The third kappa shape index (κ3) is 0.975. The van der Waals surface area contributed by atoms with E-state index in [0.717, 1.165) is 18.7 Å². The molecule has 5 heteroatoms. The molecule has 0 amide bonds. The van der Waals surface area contributed by atoms with Gasteiger partial charge in [-0.1, -0.05) is 5.21 Å². The van der Waals surface area contributed by atoms with Crippen LogP contribution in [-0.2, 0) is 11.3 Å². The molecule has 0 radical (unpaired) electrons. The Balaban J connectivity index is 2.37. The van der Waals surface area contributed by atoms with Gasteiger partial charge in [-0.05, 0) is 12.8 Å². The van der Waals surface area contributed by atoms with Crippen molar-refractivity contribution >= 4 is 5.97 Å². The third-order valence-electron chi connectivity index (χ3n) is 2.17. The number of carbonyl (C=O) groups is 1. The number of hydrogen-bond acceptors (Lipinski definition) is 3. The van der Waals surface area contributed by atoms with E-state index in [1.807, 2.05) is 0 Å². The number of hydrogen-bond donors (Lipinski definition) is 1. The van der Waals surface area contributed by atoms with Gasteiger partial charge >= 0.3 is 5.97 Å². The molecule has 5 nitrogen and oxygen atoms in total. The molecule has 0 spiro atoms. The third-order valence-corrected chi connectivity index (χ3v) is 2.17. The Morgan fingerprint density at radius 2 is 2.58 bits per heavy atom. The summed E-state index contributed by atoms with van der Waals surface area (Å²) in [6, 6.07) is 0. The highest BCUT2D eigenvalue weighted by Crippen LogP contribution is 2.25. The maximum Gasteiger partial charge on any atom is 0.312 e. The molecule has 64 valence electrons. The van der Waals surface area contributed by atoms with Crippen molar-refractivity contribution in [3.63, 3.8) is 0 Å². The molecule has 0 bridgehead atoms. The zero-order valence-electron chi connectivity index (χ0n) is 6.47. The summed E-state index contributed by atoms with van der Waals surface area (Å²) in [5.74, 6) is -1.19. The van der Waals surface area contributed by atoms with E-state index in [2.05, 4.69) is 10.3 Å². The van der Waals surface area contributed by atoms with Crippen LogP contribution in [0.2, 0.25) is 0 Å². The zero-order chi connectivity index (χ0) is 8.55. The second-order valence-corrected chi connectivity index (χ2v) is 2.92. The molecular weight excluding hydrogens is 158 g/mol. The maximum atomic E-state index is 10.7. The zero-order valence-corrected chi connectivity index (χ0v) is 6.47. The average Bonchev–Trinajstić information content (AvgIpc) is 2.49. The van der Waals surface area contributed by atoms with Crippen molar-refractivity contribution in [3.8, 4) is 0 Å². The fourth-order valence-corrected chi connectivity index (χ4v) is 1.55. The van der Waals surface area contributed by atoms with Crippen molar-refractivity contribution < 1.29 is 9.90 Å². The molecular formula is C7H9N3O2. The molecule has 1 N–H and O–H groups in total. The fraction of sp³-hybridized carbons (Fsp3) is 0.571. The molecule has 0 aliphatic carbocycles. The minimum absolute atomic E-state index is 0.409. The Hall–Kier alpha value is -1.39. The Morgan fingerprint density at radius 1 is 1.75 bits per heavy atom. The average molecular weight is 167 g/mol. The van der Waals surface area contributed by atoms with Gasteiger partial charge in [0.25, 0.3) is 0 Å². The van der Waals surface area contributed by atoms with Gasteiger partial charge in [0.05, 0.1) is 11.9 Å². The second-order valence-electron chi connectivity index (χ2n) is 2.92. The van der Waals surface area contributed by atoms with Crippen molar-refractivity contribution in [3.05, 3.63) is 11.9 Å². The van der Waals surface area contributed by atoms with E-state index in [1.165, 1.54) is 6.20 Å². The first-order chi connectivity index (χ1) is 5.79. The highest BCUT2D eigenvalue weighted by atomic mass is 16.4. The molecule has 0 fully saturated rings. The predicted molar refractivity (Wildman–Crippen MR) is 39.6 cm³/mol. The first kappa shape index (κ1) is 7.27. The molecule has 0 saturated carbocycles. The lowest BCUT2D eigenvalue weighted by Gasteiger charge is -2.18. The molecule has 0 saturated heterocycles. The second kappa shape index (κ2) is 2.58. The van der Waals surface area contributed by atoms with E-state index in [4.69, 9.17) is 5.11 Å². The van der Waals surface area contributed by atoms with Crippen LogP contribution in [0.4, 0.5) is 0 Å². The summed E-state index contributed by atoms with van der Waals surface area (Å²) < 4.78 is 1.67. The van der Waals surface area contributed by atoms with Crippen molar-refractivity contribution in [1.82, 2.24) is 15.0 Å². The SMILES string of the molecule is O=C(O)C1CCCn2nncc21. The van der Waals surface area contributed by atoms with E-state index < -0.39 is 11.9 Å². The summed E-state index contributed by atoms with van der Waals surface area (Å²) >= 11 is 0. The molecule has 1 atom stereocenters. The Morgan fingerprint density at radius 3 is 3.33 bits per heavy atom. The van der Waals surface area contributed by atoms with Crippen LogP contribution in [-0.4, -0.2) is 26.1 Å². The quantitative estimate of drug-likeness (QED) is 0.650. The van der Waals surface area contributed by atoms with E-state index in [9.17, 15) is 4.79 Å². The van der Waals surface area contributed by atoms with Gasteiger partial charge in [0.2, 0.25) is 0 Å². The normalized spacial score (nSPS) is 21.8. The van der Waals surface area contributed by atoms with Crippen LogP contribution in [0.3, 0.4) is 0 Å². The van der Waals surface area contributed by atoms with E-state index in [1.54, 1.807) is 4.68 Å². The van der Waals surface area contributed by atoms with Gasteiger partial charge in [0.15, 0.2) is 0 Å². The van der Waals surface area contributed by atoms with Crippen LogP contribution >= 0.6 is 0 Å². The number of aryl methyl sites for hydroxylation is 1. The Bertz CT molecular complexity index is 307. The lowest BCUT2D eigenvalue weighted by molar-refractivity contribution is -0.139. The van der Waals surface area contributed by atoms with Gasteiger partial charge in [-0.2, -0.15) is 0 Å². The summed E-state index contributed by atoms with van der Waals surface area (Å²) in [5.41, 5.74) is 0.730. The molecule has 2 heterocycles. The number of fused-ring (bicyclic) bond motifs is 1. The van der Waals surface area contributed by atoms with Gasteiger partial charge < -0.3 is 5.11 Å². The van der Waals surface area contributed by atoms with Crippen LogP contribution in [0.25, 0.3) is 0 Å². The largest absolute Gasteiger partial charge is 0.481 e. The van der Waals surface area contributed by atoms with Crippen LogP contribution in [0, 0.1) is 0 Å². The van der Waals surface area contributed by atoms with E-state index in [-0.39, 0.29) is 0 Å². The number of carboxylic acids is 1. The number of carboxylic acid groups (broad SMARTS) is 1. The van der Waals surface area contributed by atoms with Crippen molar-refractivity contribution in [1.29, 1.82) is 0 Å². The summed E-state index contributed by atoms with van der Waals surface area (Å²) in [5, 5.41) is 16.3. The van der Waals surface area contributed by atoms with Crippen LogP contribution in [0.5, 0.6) is 0 Å². The summed E-state index contributed by atoms with van der Waals surface area (Å²) in [6.45, 7) is 0.791. The number of rotatable bonds is 1. The Kier molecular flexibility index (Phi) is 1.56. The summed E-state index contributed by atoms with van der Waals surface area (Å²) in [4.78, 5) is 10.7. The minimum Gasteiger partial charge on any atom is -0.481 e. The van der Waals surface area contributed by atoms with Crippen LogP contribution in [0.15, 0.2) is 6.20 Å². The lowest BCUT2D eigenvalue weighted by Crippen LogP contribution is -2.22. The van der Waals surface area contributed by atoms with Crippen molar-refractivity contribution in [2.45, 2.75) is 25.3 Å². The first-order valence-corrected chi connectivity index (χ1v) is 3.90. The van der Waals surface area contributed by atoms with Crippen molar-refractivity contribution in [2.75, 3.05) is 0 Å². The van der Waals surface area contributed by atoms with Crippen LogP contribution in [0.1, 0.15) is 24.5 Å². The number of nitrogens with zero attached hydrogens (tertiary/aromatic N) is 3. The molecule has 12 heavy (non-hydrogen) atoms. The molecule has 1 aliphatic heterocycles. The van der Waals surface area contributed by atoms with Gasteiger partial charge in [-0.3, -0.25) is 4.79 Å². The smallest absolute Gasteiger partial charge is 0.312 e. The molecule has 1 aromatic rings. The monoisotopic (exact) mass is 167 g/mol. The highest BCUT2D eigenvalue weighted by Gasteiger charge is 2.27. The van der Waals surface area contributed by atoms with Gasteiger partial charge in [0, 0.05) is 6.54 Å². The van der Waals surface area contributed by atoms with E-state index >= 15 is 0 Å². The lowest BCUT2D eigenvalue weighted by atomic mass is 9.97. The number of aromatic nitrogens is 3. The number of aliphatic carboxylic acids is 1. The van der Waals surface area contributed by atoms with Gasteiger partial charge in [-0.25, -0.2) is 4.68 Å². The van der Waals surface area contributed by atoms with Crippen LogP contribution < -0.4 is 0 Å². The van der Waals surface area contributed by atoms with Crippen molar-refractivity contribution in [2.24, 2.45) is 0 Å². The molecule has 2 rings (SSSR count). The molecule has 1 aliphatic rings. The fourth-order valence-electron chi connectivity index (χ4n) is 1.55. The topological polar surface area (TPSA) is 68.0 Å². The van der Waals surface area contributed by atoms with E-state index in [0.29, 0.717) is 6.42 Å². The summed E-state index contributed by atoms with van der Waals surface area (Å²) in [7, 11) is 0. The molecule has 1 unspecified atom stereocenters. The highest BCUT2D eigenvalue weighted by molar-refractivity contribution is 5.75. The van der Waals surface area contributed by atoms with Gasteiger partial charge in [-0.15, -0.1) is 5.10 Å². The Labute approximate surface area is 69.0 Å². The predicted octanol–water partition coefficient (Wildman–Crippen LogP) is 0.240. The minimum atomic E-state index is -0.779. The first-order valence-electron chi connectivity index (χ1n) is 3.90. The molecule has 1 aromatic heterocycles. The maximum absolute atomic E-state index is 10.7.